The fourth-order valence-electron chi connectivity index (χ4n) is 2.58. The molecule has 1 unspecified atom stereocenters. The van der Waals surface area contributed by atoms with Gasteiger partial charge in [-0.2, -0.15) is 12.6 Å². The first-order valence-electron chi connectivity index (χ1n) is 7.72. The number of hydrogen-bond donors (Lipinski definition) is 3. The standard InChI is InChI=1S/C19H21NO3S/c1-12-8-16(19(22)23)13(2)17(9-12)20-18(21)15(11-24)10-14-6-4-3-5-7-14/h3-9,15,24H,10-11H2,1-2H3,(H,20,21)(H,22,23). The maximum Gasteiger partial charge on any atom is 0.336 e. The van der Waals surface area contributed by atoms with Crippen LogP contribution in [0.5, 0.6) is 0 Å². The Labute approximate surface area is 147 Å². The van der Waals surface area contributed by atoms with Crippen molar-refractivity contribution in [2.45, 2.75) is 20.3 Å². The molecule has 0 radical (unpaired) electrons. The summed E-state index contributed by atoms with van der Waals surface area (Å²) in [5, 5.41) is 12.1. The van der Waals surface area contributed by atoms with Crippen LogP contribution in [0.25, 0.3) is 0 Å². The molecule has 2 aromatic carbocycles. The van der Waals surface area contributed by atoms with Crippen molar-refractivity contribution in [2.75, 3.05) is 11.1 Å². The molecule has 0 saturated heterocycles. The van der Waals surface area contributed by atoms with Gasteiger partial charge in [0.15, 0.2) is 0 Å². The van der Waals surface area contributed by atoms with Gasteiger partial charge in [0.05, 0.1) is 11.5 Å². The van der Waals surface area contributed by atoms with E-state index in [0.29, 0.717) is 23.4 Å². The molecule has 0 aliphatic carbocycles. The number of carbonyl (C=O) groups is 2. The van der Waals surface area contributed by atoms with Gasteiger partial charge in [-0.05, 0) is 49.1 Å². The van der Waals surface area contributed by atoms with Gasteiger partial charge in [0.2, 0.25) is 5.91 Å². The second kappa shape index (κ2) is 8.02. The highest BCUT2D eigenvalue weighted by Gasteiger charge is 2.20. The second-order valence-corrected chi connectivity index (χ2v) is 6.21. The van der Waals surface area contributed by atoms with E-state index in [9.17, 15) is 14.7 Å². The molecule has 0 aromatic heterocycles. The highest BCUT2D eigenvalue weighted by atomic mass is 32.1. The Kier molecular flexibility index (Phi) is 6.04. The van der Waals surface area contributed by atoms with Gasteiger partial charge in [-0.25, -0.2) is 4.79 Å². The van der Waals surface area contributed by atoms with Crippen molar-refractivity contribution in [1.29, 1.82) is 0 Å². The number of anilines is 1. The van der Waals surface area contributed by atoms with Gasteiger partial charge >= 0.3 is 5.97 Å². The summed E-state index contributed by atoms with van der Waals surface area (Å²) in [5.74, 6) is -1.03. The number of aryl methyl sites for hydroxylation is 1. The number of carboxylic acids is 1. The van der Waals surface area contributed by atoms with Crippen LogP contribution in [0.2, 0.25) is 0 Å². The molecule has 0 fully saturated rings. The first-order chi connectivity index (χ1) is 11.4. The second-order valence-electron chi connectivity index (χ2n) is 5.85. The number of benzene rings is 2. The van der Waals surface area contributed by atoms with Crippen LogP contribution in [-0.4, -0.2) is 22.7 Å². The molecule has 0 heterocycles. The quantitative estimate of drug-likeness (QED) is 0.700. The van der Waals surface area contributed by atoms with E-state index in [0.717, 1.165) is 11.1 Å². The highest BCUT2D eigenvalue weighted by molar-refractivity contribution is 7.80. The minimum Gasteiger partial charge on any atom is -0.478 e. The zero-order valence-electron chi connectivity index (χ0n) is 13.7. The van der Waals surface area contributed by atoms with E-state index in [2.05, 4.69) is 17.9 Å². The van der Waals surface area contributed by atoms with Crippen LogP contribution in [0.15, 0.2) is 42.5 Å². The van der Waals surface area contributed by atoms with E-state index >= 15 is 0 Å². The Bertz CT molecular complexity index is 744. The largest absolute Gasteiger partial charge is 0.478 e. The first-order valence-corrected chi connectivity index (χ1v) is 8.35. The van der Waals surface area contributed by atoms with Crippen molar-refractivity contribution in [3.8, 4) is 0 Å². The number of thiol groups is 1. The number of rotatable bonds is 6. The lowest BCUT2D eigenvalue weighted by Crippen LogP contribution is -2.26. The summed E-state index contributed by atoms with van der Waals surface area (Å²) >= 11 is 4.30. The van der Waals surface area contributed by atoms with E-state index in [-0.39, 0.29) is 17.4 Å². The average Bonchev–Trinajstić information content (AvgIpc) is 2.56. The predicted molar refractivity (Wildman–Crippen MR) is 99.0 cm³/mol. The van der Waals surface area contributed by atoms with Crippen LogP contribution >= 0.6 is 12.6 Å². The van der Waals surface area contributed by atoms with Gasteiger partial charge in [0.25, 0.3) is 0 Å². The lowest BCUT2D eigenvalue weighted by Gasteiger charge is -2.17. The number of hydrogen-bond acceptors (Lipinski definition) is 3. The number of aromatic carboxylic acids is 1. The third-order valence-corrected chi connectivity index (χ3v) is 4.40. The Hall–Kier alpha value is -2.27. The van der Waals surface area contributed by atoms with Crippen molar-refractivity contribution < 1.29 is 14.7 Å². The minimum absolute atomic E-state index is 0.154. The number of carbonyl (C=O) groups excluding carboxylic acids is 1. The van der Waals surface area contributed by atoms with E-state index in [1.54, 1.807) is 19.1 Å². The predicted octanol–water partition coefficient (Wildman–Crippen LogP) is 3.73. The topological polar surface area (TPSA) is 66.4 Å². The van der Waals surface area contributed by atoms with Crippen molar-refractivity contribution in [3.63, 3.8) is 0 Å². The van der Waals surface area contributed by atoms with Crippen LogP contribution in [0, 0.1) is 19.8 Å². The third kappa shape index (κ3) is 4.38. The van der Waals surface area contributed by atoms with E-state index in [4.69, 9.17) is 0 Å². The number of amides is 1. The summed E-state index contributed by atoms with van der Waals surface area (Å²) < 4.78 is 0. The Balaban J connectivity index is 2.20. The maximum absolute atomic E-state index is 12.6. The van der Waals surface area contributed by atoms with Crippen molar-refractivity contribution in [2.24, 2.45) is 5.92 Å². The SMILES string of the molecule is Cc1cc(NC(=O)C(CS)Cc2ccccc2)c(C)c(C(=O)O)c1. The minimum atomic E-state index is -0.998. The van der Waals surface area contributed by atoms with Gasteiger partial charge in [0.1, 0.15) is 0 Å². The molecular formula is C19H21NO3S. The number of carboxylic acid groups (broad SMARTS) is 1. The van der Waals surface area contributed by atoms with Crippen LogP contribution in [0.1, 0.15) is 27.0 Å². The van der Waals surface area contributed by atoms with Gasteiger partial charge in [0, 0.05) is 11.4 Å². The Morgan fingerprint density at radius 3 is 2.42 bits per heavy atom. The molecule has 1 atom stereocenters. The van der Waals surface area contributed by atoms with E-state index < -0.39 is 5.97 Å². The van der Waals surface area contributed by atoms with Crippen LogP contribution in [-0.2, 0) is 11.2 Å². The molecule has 4 nitrogen and oxygen atoms in total. The molecule has 0 aliphatic rings. The van der Waals surface area contributed by atoms with E-state index in [1.807, 2.05) is 37.3 Å². The fourth-order valence-corrected chi connectivity index (χ4v) is 2.88. The molecule has 0 bridgehead atoms. The third-order valence-electron chi connectivity index (χ3n) is 3.96. The summed E-state index contributed by atoms with van der Waals surface area (Å²) in [4.78, 5) is 23.9. The molecule has 24 heavy (non-hydrogen) atoms. The van der Waals surface area contributed by atoms with Crippen molar-refractivity contribution >= 4 is 30.2 Å². The maximum atomic E-state index is 12.6. The molecule has 2 aromatic rings. The van der Waals surface area contributed by atoms with Crippen LogP contribution < -0.4 is 5.32 Å². The number of nitrogens with one attached hydrogen (secondary N) is 1. The molecule has 126 valence electrons. The molecule has 1 amide bonds. The smallest absolute Gasteiger partial charge is 0.336 e. The molecule has 2 rings (SSSR count). The summed E-state index contributed by atoms with van der Waals surface area (Å²) in [7, 11) is 0. The molecule has 0 saturated carbocycles. The first kappa shape index (κ1) is 18.1. The summed E-state index contributed by atoms with van der Waals surface area (Å²) in [6.07, 6.45) is 0.590. The lowest BCUT2D eigenvalue weighted by molar-refractivity contribution is -0.119. The summed E-state index contributed by atoms with van der Waals surface area (Å²) in [6, 6.07) is 13.2. The summed E-state index contributed by atoms with van der Waals surface area (Å²) in [6.45, 7) is 3.51. The van der Waals surface area contributed by atoms with Gasteiger partial charge in [-0.1, -0.05) is 30.3 Å². The molecular weight excluding hydrogens is 322 g/mol. The molecule has 0 aliphatic heterocycles. The van der Waals surface area contributed by atoms with Crippen molar-refractivity contribution in [3.05, 3.63) is 64.7 Å². The van der Waals surface area contributed by atoms with Gasteiger partial charge in [-0.15, -0.1) is 0 Å². The summed E-state index contributed by atoms with van der Waals surface area (Å²) in [5.41, 5.74) is 3.16. The average molecular weight is 343 g/mol. The fraction of sp³-hybridized carbons (Fsp3) is 0.263. The monoisotopic (exact) mass is 343 g/mol. The normalized spacial score (nSPS) is 11.8. The van der Waals surface area contributed by atoms with Gasteiger partial charge < -0.3 is 10.4 Å². The van der Waals surface area contributed by atoms with Gasteiger partial charge in [-0.3, -0.25) is 4.79 Å². The lowest BCUT2D eigenvalue weighted by atomic mass is 9.99. The molecule has 0 spiro atoms. The van der Waals surface area contributed by atoms with Crippen molar-refractivity contribution in [1.82, 2.24) is 0 Å². The Morgan fingerprint density at radius 1 is 1.17 bits per heavy atom. The highest BCUT2D eigenvalue weighted by Crippen LogP contribution is 2.23. The van der Waals surface area contributed by atoms with Crippen LogP contribution in [0.3, 0.4) is 0 Å². The zero-order chi connectivity index (χ0) is 17.7. The van der Waals surface area contributed by atoms with E-state index in [1.165, 1.54) is 0 Å². The molecule has 5 heteroatoms. The Morgan fingerprint density at radius 2 is 1.83 bits per heavy atom. The molecule has 2 N–H and O–H groups in total. The zero-order valence-corrected chi connectivity index (χ0v) is 14.6. The van der Waals surface area contributed by atoms with Crippen LogP contribution in [0.4, 0.5) is 5.69 Å².